The SMILES string of the molecule is Cn1cc(N)cnc1=O. The summed E-state index contributed by atoms with van der Waals surface area (Å²) < 4.78 is 1.33. The van der Waals surface area contributed by atoms with E-state index in [2.05, 4.69) is 4.98 Å². The first kappa shape index (κ1) is 5.81. The molecule has 0 aliphatic carbocycles. The molecule has 9 heavy (non-hydrogen) atoms. The van der Waals surface area contributed by atoms with Gasteiger partial charge in [0.2, 0.25) is 0 Å². The van der Waals surface area contributed by atoms with Crippen molar-refractivity contribution in [3.05, 3.63) is 22.9 Å². The van der Waals surface area contributed by atoms with Crippen LogP contribution < -0.4 is 11.4 Å². The van der Waals surface area contributed by atoms with Crippen molar-refractivity contribution in [1.29, 1.82) is 0 Å². The Bertz CT molecular complexity index is 265. The van der Waals surface area contributed by atoms with Crippen LogP contribution in [0, 0.1) is 0 Å². The Morgan fingerprint density at radius 3 is 2.89 bits per heavy atom. The van der Waals surface area contributed by atoms with E-state index in [4.69, 9.17) is 5.73 Å². The molecule has 1 aromatic heterocycles. The fourth-order valence-corrected chi connectivity index (χ4v) is 0.533. The lowest BCUT2D eigenvalue weighted by Gasteiger charge is -1.93. The Kier molecular flexibility index (Phi) is 1.22. The Morgan fingerprint density at radius 2 is 2.44 bits per heavy atom. The molecule has 1 rings (SSSR count). The highest BCUT2D eigenvalue weighted by Gasteiger charge is 1.88. The molecule has 1 aromatic rings. The van der Waals surface area contributed by atoms with Crippen molar-refractivity contribution in [3.63, 3.8) is 0 Å². The van der Waals surface area contributed by atoms with E-state index in [9.17, 15) is 4.79 Å². The Morgan fingerprint density at radius 1 is 1.78 bits per heavy atom. The molecule has 0 atom stereocenters. The van der Waals surface area contributed by atoms with Crippen molar-refractivity contribution in [1.82, 2.24) is 9.55 Å². The number of aromatic nitrogens is 2. The lowest BCUT2D eigenvalue weighted by Crippen LogP contribution is -2.18. The van der Waals surface area contributed by atoms with E-state index in [0.717, 1.165) is 0 Å². The van der Waals surface area contributed by atoms with Crippen molar-refractivity contribution < 1.29 is 0 Å². The van der Waals surface area contributed by atoms with Gasteiger partial charge < -0.3 is 10.3 Å². The van der Waals surface area contributed by atoms with Crippen LogP contribution in [0.4, 0.5) is 5.69 Å². The molecular weight excluding hydrogens is 118 g/mol. The lowest BCUT2D eigenvalue weighted by molar-refractivity contribution is 0.813. The monoisotopic (exact) mass is 125 g/mol. The summed E-state index contributed by atoms with van der Waals surface area (Å²) in [4.78, 5) is 14.0. The summed E-state index contributed by atoms with van der Waals surface area (Å²) in [6.45, 7) is 0. The third-order valence-corrected chi connectivity index (χ3v) is 0.969. The first-order valence-corrected chi connectivity index (χ1v) is 2.48. The Hall–Kier alpha value is -1.32. The van der Waals surface area contributed by atoms with E-state index in [1.54, 1.807) is 7.05 Å². The molecule has 0 aliphatic heterocycles. The molecule has 0 saturated carbocycles. The highest BCUT2D eigenvalue weighted by Crippen LogP contribution is 1.89. The van der Waals surface area contributed by atoms with Crippen LogP contribution in [0.1, 0.15) is 0 Å². The van der Waals surface area contributed by atoms with E-state index >= 15 is 0 Å². The molecule has 0 radical (unpaired) electrons. The number of hydrogen-bond acceptors (Lipinski definition) is 3. The maximum atomic E-state index is 10.6. The molecule has 4 heteroatoms. The third-order valence-electron chi connectivity index (χ3n) is 0.969. The Balaban J connectivity index is 3.34. The molecule has 0 fully saturated rings. The molecule has 1 heterocycles. The Labute approximate surface area is 51.9 Å². The maximum absolute atomic E-state index is 10.6. The number of nitrogens with two attached hydrogens (primary N) is 1. The number of aryl methyl sites for hydroxylation is 1. The summed E-state index contributed by atoms with van der Waals surface area (Å²) in [6, 6.07) is 0. The van der Waals surface area contributed by atoms with Crippen molar-refractivity contribution >= 4 is 5.69 Å². The molecule has 0 spiro atoms. The molecule has 2 N–H and O–H groups in total. The van der Waals surface area contributed by atoms with Crippen LogP contribution in [-0.4, -0.2) is 9.55 Å². The number of rotatable bonds is 0. The van der Waals surface area contributed by atoms with Gasteiger partial charge in [-0.05, 0) is 0 Å². The molecular formula is C5H7N3O. The van der Waals surface area contributed by atoms with Crippen molar-refractivity contribution in [2.24, 2.45) is 7.05 Å². The van der Waals surface area contributed by atoms with Gasteiger partial charge in [0, 0.05) is 13.2 Å². The second-order valence-electron chi connectivity index (χ2n) is 1.78. The second kappa shape index (κ2) is 1.89. The summed E-state index contributed by atoms with van der Waals surface area (Å²) in [5.41, 5.74) is 5.51. The van der Waals surface area contributed by atoms with E-state index in [0.29, 0.717) is 5.69 Å². The first-order valence-electron chi connectivity index (χ1n) is 2.48. The highest BCUT2D eigenvalue weighted by atomic mass is 16.1. The molecule has 0 aliphatic rings. The average molecular weight is 125 g/mol. The van der Waals surface area contributed by atoms with Gasteiger partial charge in [0.15, 0.2) is 0 Å². The van der Waals surface area contributed by atoms with Gasteiger partial charge in [-0.2, -0.15) is 4.98 Å². The normalized spacial score (nSPS) is 9.44. The van der Waals surface area contributed by atoms with Gasteiger partial charge >= 0.3 is 5.69 Å². The summed E-state index contributed by atoms with van der Waals surface area (Å²) in [5, 5.41) is 0. The van der Waals surface area contributed by atoms with Crippen LogP contribution in [-0.2, 0) is 7.05 Å². The number of nitrogens with zero attached hydrogens (tertiary/aromatic N) is 2. The van der Waals surface area contributed by atoms with E-state index in [-0.39, 0.29) is 5.69 Å². The minimum Gasteiger partial charge on any atom is -0.396 e. The van der Waals surface area contributed by atoms with Gasteiger partial charge in [-0.1, -0.05) is 0 Å². The van der Waals surface area contributed by atoms with Crippen molar-refractivity contribution in [2.45, 2.75) is 0 Å². The van der Waals surface area contributed by atoms with Crippen LogP contribution >= 0.6 is 0 Å². The van der Waals surface area contributed by atoms with E-state index in [1.165, 1.54) is 17.0 Å². The highest BCUT2D eigenvalue weighted by molar-refractivity contribution is 5.29. The van der Waals surface area contributed by atoms with Crippen LogP contribution in [0.3, 0.4) is 0 Å². The summed E-state index contributed by atoms with van der Waals surface area (Å²) >= 11 is 0. The van der Waals surface area contributed by atoms with Gasteiger partial charge in [0.1, 0.15) is 0 Å². The van der Waals surface area contributed by atoms with E-state index < -0.39 is 0 Å². The largest absolute Gasteiger partial charge is 0.396 e. The zero-order valence-electron chi connectivity index (χ0n) is 5.03. The van der Waals surface area contributed by atoms with Crippen LogP contribution in [0.15, 0.2) is 17.2 Å². The molecule has 0 unspecified atom stereocenters. The molecule has 4 nitrogen and oxygen atoms in total. The summed E-state index contributed by atoms with van der Waals surface area (Å²) in [6.07, 6.45) is 2.86. The third kappa shape index (κ3) is 1.07. The lowest BCUT2D eigenvalue weighted by atomic mass is 10.6. The van der Waals surface area contributed by atoms with Gasteiger partial charge in [-0.15, -0.1) is 0 Å². The molecule has 0 bridgehead atoms. The van der Waals surface area contributed by atoms with Crippen molar-refractivity contribution in [2.75, 3.05) is 5.73 Å². The summed E-state index contributed by atoms with van der Waals surface area (Å²) in [5.74, 6) is 0. The average Bonchev–Trinajstić information content (AvgIpc) is 1.80. The minimum absolute atomic E-state index is 0.288. The number of anilines is 1. The smallest absolute Gasteiger partial charge is 0.347 e. The van der Waals surface area contributed by atoms with Crippen LogP contribution in [0.5, 0.6) is 0 Å². The second-order valence-corrected chi connectivity index (χ2v) is 1.78. The van der Waals surface area contributed by atoms with Gasteiger partial charge in [-0.3, -0.25) is 0 Å². The zero-order valence-corrected chi connectivity index (χ0v) is 5.03. The van der Waals surface area contributed by atoms with Crippen LogP contribution in [0.25, 0.3) is 0 Å². The topological polar surface area (TPSA) is 60.9 Å². The first-order chi connectivity index (χ1) is 4.20. The van der Waals surface area contributed by atoms with Crippen molar-refractivity contribution in [3.8, 4) is 0 Å². The molecule has 48 valence electrons. The number of nitrogen functional groups attached to an aromatic ring is 1. The minimum atomic E-state index is -0.288. The quantitative estimate of drug-likeness (QED) is 0.501. The van der Waals surface area contributed by atoms with E-state index in [1.807, 2.05) is 0 Å². The van der Waals surface area contributed by atoms with Crippen LogP contribution in [0.2, 0.25) is 0 Å². The molecule has 0 amide bonds. The predicted molar refractivity (Wildman–Crippen MR) is 33.9 cm³/mol. The standard InChI is InChI=1S/C5H7N3O/c1-8-3-4(6)2-7-5(8)9/h2-3H,6H2,1H3. The summed E-state index contributed by atoms with van der Waals surface area (Å²) in [7, 11) is 1.60. The fraction of sp³-hybridized carbons (Fsp3) is 0.200. The van der Waals surface area contributed by atoms with Gasteiger partial charge in [0.25, 0.3) is 0 Å². The fourth-order valence-electron chi connectivity index (χ4n) is 0.533. The number of hydrogen-bond donors (Lipinski definition) is 1. The maximum Gasteiger partial charge on any atom is 0.347 e. The van der Waals surface area contributed by atoms with Gasteiger partial charge in [0.05, 0.1) is 11.9 Å². The molecule has 0 saturated heterocycles. The predicted octanol–water partition coefficient (Wildman–Crippen LogP) is -0.637. The zero-order chi connectivity index (χ0) is 6.85. The molecule has 0 aromatic carbocycles. The van der Waals surface area contributed by atoms with Gasteiger partial charge in [-0.25, -0.2) is 4.79 Å².